The maximum Gasteiger partial charge on any atom is 0.410 e. The highest BCUT2D eigenvalue weighted by Gasteiger charge is 2.51. The highest BCUT2D eigenvalue weighted by atomic mass is 16.6. The molecule has 4 heterocycles. The van der Waals surface area contributed by atoms with E-state index in [1.165, 1.54) is 32.1 Å². The predicted molar refractivity (Wildman–Crippen MR) is 140 cm³/mol. The molecule has 2 bridgehead atoms. The fourth-order valence-electron chi connectivity index (χ4n) is 8.83. The third kappa shape index (κ3) is 4.41. The maximum absolute atomic E-state index is 13.6. The first-order valence-electron chi connectivity index (χ1n) is 14.9. The number of hydrogen-bond donors (Lipinski definition) is 0. The minimum absolute atomic E-state index is 0.103. The first-order chi connectivity index (χ1) is 17.6. The van der Waals surface area contributed by atoms with Crippen molar-refractivity contribution >= 4 is 12.0 Å². The minimum atomic E-state index is -0.103. The standard InChI is InChI=1S/C30H45N3O3/c1-2-36-29(35)33-24-12-13-25(33)19-26(18-24)31-16-14-30(15-17-31)21-32(20-23-10-6-7-11-27(23)30)28(34)22-8-4-3-5-9-22/h6-7,10-11,22-27H,2-5,8-9,12-21H2,1H3. The topological polar surface area (TPSA) is 53.1 Å². The highest BCUT2D eigenvalue weighted by Crippen LogP contribution is 2.50. The van der Waals surface area contributed by atoms with Gasteiger partial charge in [-0.15, -0.1) is 0 Å². The number of ether oxygens (including phenoxy) is 1. The van der Waals surface area contributed by atoms with E-state index in [4.69, 9.17) is 4.74 Å². The van der Waals surface area contributed by atoms with Gasteiger partial charge in [0.1, 0.15) is 0 Å². The lowest BCUT2D eigenvalue weighted by molar-refractivity contribution is -0.145. The molecule has 1 saturated carbocycles. The second-order valence-electron chi connectivity index (χ2n) is 12.5. The molecule has 0 radical (unpaired) electrons. The third-order valence-electron chi connectivity index (χ3n) is 10.7. The number of allylic oxidation sites excluding steroid dienone is 3. The van der Waals surface area contributed by atoms with Gasteiger partial charge in [0, 0.05) is 43.1 Å². The smallest absolute Gasteiger partial charge is 0.410 e. The Morgan fingerprint density at radius 1 is 0.917 bits per heavy atom. The van der Waals surface area contributed by atoms with E-state index in [0.29, 0.717) is 42.5 Å². The average molecular weight is 496 g/mol. The van der Waals surface area contributed by atoms with Crippen molar-refractivity contribution in [3.63, 3.8) is 0 Å². The molecule has 2 aliphatic carbocycles. The van der Waals surface area contributed by atoms with Crippen LogP contribution in [-0.2, 0) is 9.53 Å². The van der Waals surface area contributed by atoms with Gasteiger partial charge in [-0.05, 0) is 82.7 Å². The van der Waals surface area contributed by atoms with E-state index in [9.17, 15) is 9.59 Å². The van der Waals surface area contributed by atoms with Gasteiger partial charge in [0.15, 0.2) is 0 Å². The largest absolute Gasteiger partial charge is 0.450 e. The second-order valence-corrected chi connectivity index (χ2v) is 12.5. The van der Waals surface area contributed by atoms with Crippen LogP contribution in [0, 0.1) is 23.2 Å². The number of carbonyl (C=O) groups excluding carboxylic acids is 2. The minimum Gasteiger partial charge on any atom is -0.450 e. The van der Waals surface area contributed by atoms with E-state index in [0.717, 1.165) is 64.7 Å². The Balaban J connectivity index is 1.13. The van der Waals surface area contributed by atoms with Gasteiger partial charge in [-0.25, -0.2) is 4.79 Å². The number of amides is 2. The molecule has 0 aromatic heterocycles. The summed E-state index contributed by atoms with van der Waals surface area (Å²) in [5, 5.41) is 0. The van der Waals surface area contributed by atoms with Crippen LogP contribution in [-0.4, -0.2) is 77.6 Å². The number of fused-ring (bicyclic) bond motifs is 4. The van der Waals surface area contributed by atoms with E-state index < -0.39 is 0 Å². The molecule has 0 N–H and O–H groups in total. The fraction of sp³-hybridized carbons (Fsp3) is 0.800. The number of nitrogens with zero attached hydrogens (tertiary/aromatic N) is 3. The van der Waals surface area contributed by atoms with Crippen LogP contribution in [0.3, 0.4) is 0 Å². The van der Waals surface area contributed by atoms with Gasteiger partial charge in [-0.1, -0.05) is 43.6 Å². The van der Waals surface area contributed by atoms with E-state index in [1.54, 1.807) is 0 Å². The lowest BCUT2D eigenvalue weighted by Crippen LogP contribution is -2.60. The summed E-state index contributed by atoms with van der Waals surface area (Å²) in [6.45, 7) is 6.45. The van der Waals surface area contributed by atoms with Crippen LogP contribution in [0.15, 0.2) is 24.3 Å². The highest BCUT2D eigenvalue weighted by molar-refractivity contribution is 5.79. The number of rotatable bonds is 3. The van der Waals surface area contributed by atoms with Crippen molar-refractivity contribution in [2.24, 2.45) is 23.2 Å². The van der Waals surface area contributed by atoms with Gasteiger partial charge in [-0.2, -0.15) is 0 Å². The molecule has 4 atom stereocenters. The van der Waals surface area contributed by atoms with Crippen LogP contribution in [0.2, 0.25) is 0 Å². The van der Waals surface area contributed by atoms with Crippen molar-refractivity contribution in [1.29, 1.82) is 0 Å². The SMILES string of the molecule is CCOC(=O)N1C2CCC1CC(N1CCC3(CC1)CN(C(=O)C1CCCCC1)CC1C=CC=CC13)C2. The molecular formula is C30H45N3O3. The van der Waals surface area contributed by atoms with Crippen molar-refractivity contribution in [1.82, 2.24) is 14.7 Å². The first-order valence-corrected chi connectivity index (χ1v) is 14.9. The molecule has 2 amide bonds. The molecule has 0 aromatic carbocycles. The maximum atomic E-state index is 13.6. The summed E-state index contributed by atoms with van der Waals surface area (Å²) in [6.07, 6.45) is 21.9. The average Bonchev–Trinajstić information content (AvgIpc) is 3.19. The van der Waals surface area contributed by atoms with Crippen LogP contribution in [0.25, 0.3) is 0 Å². The molecule has 6 rings (SSSR count). The zero-order valence-electron chi connectivity index (χ0n) is 22.2. The molecule has 198 valence electrons. The normalized spacial score (nSPS) is 36.2. The fourth-order valence-corrected chi connectivity index (χ4v) is 8.83. The number of hydrogen-bond acceptors (Lipinski definition) is 4. The molecule has 5 fully saturated rings. The summed E-state index contributed by atoms with van der Waals surface area (Å²) in [6, 6.07) is 1.27. The van der Waals surface area contributed by atoms with Crippen LogP contribution < -0.4 is 0 Å². The Morgan fingerprint density at radius 3 is 2.31 bits per heavy atom. The molecule has 6 heteroatoms. The van der Waals surface area contributed by atoms with Gasteiger partial charge >= 0.3 is 6.09 Å². The zero-order valence-corrected chi connectivity index (χ0v) is 22.2. The number of piperidine rings is 3. The van der Waals surface area contributed by atoms with E-state index in [1.807, 2.05) is 6.92 Å². The van der Waals surface area contributed by atoms with Gasteiger partial charge < -0.3 is 19.4 Å². The zero-order chi connectivity index (χ0) is 24.7. The molecule has 1 spiro atoms. The molecule has 0 aromatic rings. The Kier molecular flexibility index (Phi) is 6.91. The molecule has 6 nitrogen and oxygen atoms in total. The predicted octanol–water partition coefficient (Wildman–Crippen LogP) is 5.00. The molecular weight excluding hydrogens is 450 g/mol. The number of carbonyl (C=O) groups is 2. The van der Waals surface area contributed by atoms with Crippen molar-refractivity contribution in [3.8, 4) is 0 Å². The van der Waals surface area contributed by atoms with Crippen LogP contribution in [0.5, 0.6) is 0 Å². The third-order valence-corrected chi connectivity index (χ3v) is 10.7. The summed E-state index contributed by atoms with van der Waals surface area (Å²) in [5.74, 6) is 1.73. The summed E-state index contributed by atoms with van der Waals surface area (Å²) in [7, 11) is 0. The Hall–Kier alpha value is -1.82. The molecule has 4 aliphatic heterocycles. The monoisotopic (exact) mass is 495 g/mol. The first kappa shape index (κ1) is 24.5. The molecule has 36 heavy (non-hydrogen) atoms. The summed E-state index contributed by atoms with van der Waals surface area (Å²) in [4.78, 5) is 33.2. The Bertz CT molecular complexity index is 872. The van der Waals surface area contributed by atoms with Crippen LogP contribution >= 0.6 is 0 Å². The van der Waals surface area contributed by atoms with Crippen molar-refractivity contribution in [2.75, 3.05) is 32.8 Å². The van der Waals surface area contributed by atoms with Gasteiger partial charge in [0.2, 0.25) is 5.91 Å². The summed E-state index contributed by atoms with van der Waals surface area (Å²) < 4.78 is 5.37. The summed E-state index contributed by atoms with van der Waals surface area (Å²) in [5.41, 5.74) is 0.204. The van der Waals surface area contributed by atoms with Crippen molar-refractivity contribution in [3.05, 3.63) is 24.3 Å². The van der Waals surface area contributed by atoms with E-state index in [-0.39, 0.29) is 17.4 Å². The molecule has 4 saturated heterocycles. The second kappa shape index (κ2) is 10.2. The number of likely N-dealkylation sites (tertiary alicyclic amines) is 2. The molecule has 4 unspecified atom stereocenters. The van der Waals surface area contributed by atoms with E-state index in [2.05, 4.69) is 39.0 Å². The van der Waals surface area contributed by atoms with Crippen LogP contribution in [0.1, 0.15) is 77.6 Å². The lowest BCUT2D eigenvalue weighted by Gasteiger charge is -2.56. The van der Waals surface area contributed by atoms with Gasteiger partial charge in [0.05, 0.1) is 6.61 Å². The van der Waals surface area contributed by atoms with Gasteiger partial charge in [0.25, 0.3) is 0 Å². The van der Waals surface area contributed by atoms with E-state index >= 15 is 0 Å². The Morgan fingerprint density at radius 2 is 1.61 bits per heavy atom. The molecule has 6 aliphatic rings. The van der Waals surface area contributed by atoms with Crippen LogP contribution in [0.4, 0.5) is 4.79 Å². The Labute approximate surface area is 217 Å². The van der Waals surface area contributed by atoms with Crippen molar-refractivity contribution in [2.45, 2.75) is 95.7 Å². The van der Waals surface area contributed by atoms with Crippen molar-refractivity contribution < 1.29 is 14.3 Å². The quantitative estimate of drug-likeness (QED) is 0.553. The summed E-state index contributed by atoms with van der Waals surface area (Å²) >= 11 is 0. The lowest BCUT2D eigenvalue weighted by atomic mass is 9.60. The van der Waals surface area contributed by atoms with Gasteiger partial charge in [-0.3, -0.25) is 4.79 Å².